The van der Waals surface area contributed by atoms with Crippen LogP contribution < -0.4 is 5.32 Å². The maximum absolute atomic E-state index is 13.3. The number of pyridine rings is 1. The van der Waals surface area contributed by atoms with Crippen molar-refractivity contribution in [2.24, 2.45) is 5.92 Å². The zero-order chi connectivity index (χ0) is 19.0. The molecule has 3 aromatic rings. The van der Waals surface area contributed by atoms with Gasteiger partial charge in [-0.25, -0.2) is 4.98 Å². The zero-order valence-electron chi connectivity index (χ0n) is 15.2. The highest BCUT2D eigenvalue weighted by Crippen LogP contribution is 2.31. The van der Waals surface area contributed by atoms with Gasteiger partial charge in [-0.3, -0.25) is 9.59 Å². The fraction of sp³-hybridized carbons (Fsp3) is 0.368. The average molecular weight is 384 g/mol. The molecule has 0 atom stereocenters. The quantitative estimate of drug-likeness (QED) is 0.750. The van der Waals surface area contributed by atoms with Crippen molar-refractivity contribution in [3.05, 3.63) is 34.8 Å². The van der Waals surface area contributed by atoms with E-state index in [1.807, 2.05) is 30.5 Å². The van der Waals surface area contributed by atoms with Crippen LogP contribution in [0.5, 0.6) is 0 Å². The summed E-state index contributed by atoms with van der Waals surface area (Å²) in [6, 6.07) is 5.74. The first-order chi connectivity index (χ1) is 13.1. The van der Waals surface area contributed by atoms with Crippen molar-refractivity contribution in [3.8, 4) is 10.6 Å². The fourth-order valence-electron chi connectivity index (χ4n) is 3.53. The number of amides is 2. The van der Waals surface area contributed by atoms with Gasteiger partial charge in [0.05, 0.1) is 27.2 Å². The average Bonchev–Trinajstić information content (AvgIpc) is 3.37. The number of nitrogens with zero attached hydrogens (tertiary/aromatic N) is 3. The predicted octanol–water partition coefficient (Wildman–Crippen LogP) is 2.86. The summed E-state index contributed by atoms with van der Waals surface area (Å²) in [5.74, 6) is -0.0550. The first-order valence-electron chi connectivity index (χ1n) is 8.90. The van der Waals surface area contributed by atoms with Gasteiger partial charge in [-0.1, -0.05) is 11.2 Å². The van der Waals surface area contributed by atoms with E-state index < -0.39 is 0 Å². The first kappa shape index (κ1) is 17.7. The maximum atomic E-state index is 13.3. The monoisotopic (exact) mass is 384 g/mol. The van der Waals surface area contributed by atoms with Crippen molar-refractivity contribution in [1.29, 1.82) is 0 Å². The van der Waals surface area contributed by atoms with E-state index in [9.17, 15) is 9.59 Å². The van der Waals surface area contributed by atoms with Crippen LogP contribution in [0.25, 0.3) is 21.7 Å². The van der Waals surface area contributed by atoms with Crippen molar-refractivity contribution in [3.63, 3.8) is 0 Å². The van der Waals surface area contributed by atoms with Crippen molar-refractivity contribution in [2.75, 3.05) is 20.1 Å². The van der Waals surface area contributed by atoms with Crippen molar-refractivity contribution in [1.82, 2.24) is 20.4 Å². The molecule has 27 heavy (non-hydrogen) atoms. The molecule has 1 aliphatic rings. The summed E-state index contributed by atoms with van der Waals surface area (Å²) in [6.45, 7) is 2.92. The topological polar surface area (TPSA) is 88.3 Å². The minimum atomic E-state index is -0.0677. The summed E-state index contributed by atoms with van der Waals surface area (Å²) < 4.78 is 5.35. The molecule has 1 saturated heterocycles. The van der Waals surface area contributed by atoms with E-state index in [0.29, 0.717) is 54.0 Å². The molecule has 7 nitrogen and oxygen atoms in total. The second-order valence-corrected chi connectivity index (χ2v) is 7.61. The molecule has 1 fully saturated rings. The molecular formula is C19H20N4O3S. The van der Waals surface area contributed by atoms with Gasteiger partial charge in [0.2, 0.25) is 5.91 Å². The number of hydrogen-bond donors (Lipinski definition) is 1. The van der Waals surface area contributed by atoms with Gasteiger partial charge in [0, 0.05) is 26.1 Å². The highest BCUT2D eigenvalue weighted by atomic mass is 32.1. The van der Waals surface area contributed by atoms with Gasteiger partial charge < -0.3 is 14.7 Å². The lowest BCUT2D eigenvalue weighted by molar-refractivity contribution is -0.125. The molecule has 0 saturated carbocycles. The summed E-state index contributed by atoms with van der Waals surface area (Å²) >= 11 is 1.56. The first-order valence-corrected chi connectivity index (χ1v) is 9.78. The SMILES string of the molecule is CNC(=O)C1CCN(C(=O)c2cc(-c3cccs3)nc3onc(C)c23)CC1. The van der Waals surface area contributed by atoms with E-state index in [-0.39, 0.29) is 17.7 Å². The number of aryl methyl sites for hydroxylation is 1. The van der Waals surface area contributed by atoms with Crippen LogP contribution in [0.4, 0.5) is 0 Å². The summed E-state index contributed by atoms with van der Waals surface area (Å²) in [5.41, 5.74) is 2.29. The molecule has 3 aromatic heterocycles. The number of carbonyl (C=O) groups excluding carboxylic acids is 2. The number of hydrogen-bond acceptors (Lipinski definition) is 6. The fourth-order valence-corrected chi connectivity index (χ4v) is 4.22. The van der Waals surface area contributed by atoms with Gasteiger partial charge in [-0.15, -0.1) is 11.3 Å². The Morgan fingerprint density at radius 2 is 2.11 bits per heavy atom. The molecular weight excluding hydrogens is 364 g/mol. The van der Waals surface area contributed by atoms with Crippen LogP contribution >= 0.6 is 11.3 Å². The number of thiophene rings is 1. The van der Waals surface area contributed by atoms with Gasteiger partial charge in [0.25, 0.3) is 11.6 Å². The summed E-state index contributed by atoms with van der Waals surface area (Å²) in [5, 5.41) is 9.32. The Kier molecular flexibility index (Phi) is 4.65. The second-order valence-electron chi connectivity index (χ2n) is 6.66. The number of likely N-dealkylation sites (tertiary alicyclic amines) is 1. The number of fused-ring (bicyclic) bond motifs is 1. The van der Waals surface area contributed by atoms with E-state index in [0.717, 1.165) is 4.88 Å². The molecule has 0 spiro atoms. The lowest BCUT2D eigenvalue weighted by atomic mass is 9.95. The summed E-state index contributed by atoms with van der Waals surface area (Å²) in [6.07, 6.45) is 1.33. The minimum Gasteiger partial charge on any atom is -0.359 e. The van der Waals surface area contributed by atoms with Gasteiger partial charge >= 0.3 is 0 Å². The smallest absolute Gasteiger partial charge is 0.259 e. The van der Waals surface area contributed by atoms with Crippen LogP contribution in [0.3, 0.4) is 0 Å². The van der Waals surface area contributed by atoms with Gasteiger partial charge in [0.15, 0.2) is 0 Å². The third-order valence-corrected chi connectivity index (χ3v) is 5.91. The molecule has 0 radical (unpaired) electrons. The number of piperidine rings is 1. The Morgan fingerprint density at radius 1 is 1.33 bits per heavy atom. The Balaban J connectivity index is 1.67. The highest BCUT2D eigenvalue weighted by Gasteiger charge is 2.29. The van der Waals surface area contributed by atoms with E-state index >= 15 is 0 Å². The van der Waals surface area contributed by atoms with Crippen molar-refractivity contribution < 1.29 is 14.1 Å². The highest BCUT2D eigenvalue weighted by molar-refractivity contribution is 7.13. The van der Waals surface area contributed by atoms with Gasteiger partial charge in [0.1, 0.15) is 0 Å². The second kappa shape index (κ2) is 7.11. The molecule has 4 heterocycles. The molecule has 0 aromatic carbocycles. The molecule has 2 amide bonds. The standard InChI is InChI=1S/C19H20N4O3S/c1-11-16-13(19(25)23-7-5-12(6-8-23)17(24)20-2)10-14(15-4-3-9-27-15)21-18(16)26-22-11/h3-4,9-10,12H,5-8H2,1-2H3,(H,20,24). The van der Waals surface area contributed by atoms with Crippen molar-refractivity contribution >= 4 is 34.3 Å². The Labute approximate surface area is 160 Å². The van der Waals surface area contributed by atoms with Crippen molar-refractivity contribution in [2.45, 2.75) is 19.8 Å². The lowest BCUT2D eigenvalue weighted by Gasteiger charge is -2.31. The molecule has 1 N–H and O–H groups in total. The molecule has 8 heteroatoms. The van der Waals surface area contributed by atoms with E-state index in [1.54, 1.807) is 23.3 Å². The normalized spacial score (nSPS) is 15.3. The Bertz CT molecular complexity index is 988. The van der Waals surface area contributed by atoms with Crippen LogP contribution in [0.1, 0.15) is 28.9 Å². The molecule has 0 unspecified atom stereocenters. The van der Waals surface area contributed by atoms with E-state index in [2.05, 4.69) is 15.5 Å². The molecule has 1 aliphatic heterocycles. The molecule has 140 valence electrons. The largest absolute Gasteiger partial charge is 0.359 e. The number of carbonyl (C=O) groups is 2. The third-order valence-electron chi connectivity index (χ3n) is 5.02. The predicted molar refractivity (Wildman–Crippen MR) is 103 cm³/mol. The number of aromatic nitrogens is 2. The van der Waals surface area contributed by atoms with E-state index in [1.165, 1.54) is 0 Å². The number of rotatable bonds is 3. The molecule has 0 bridgehead atoms. The molecule has 4 rings (SSSR count). The number of nitrogens with one attached hydrogen (secondary N) is 1. The van der Waals surface area contributed by atoms with E-state index in [4.69, 9.17) is 4.52 Å². The maximum Gasteiger partial charge on any atom is 0.259 e. The lowest BCUT2D eigenvalue weighted by Crippen LogP contribution is -2.42. The zero-order valence-corrected chi connectivity index (χ0v) is 16.0. The van der Waals surface area contributed by atoms with Crippen LogP contribution in [0.15, 0.2) is 28.1 Å². The summed E-state index contributed by atoms with van der Waals surface area (Å²) in [7, 11) is 1.65. The van der Waals surface area contributed by atoms with Crippen LogP contribution in [0.2, 0.25) is 0 Å². The van der Waals surface area contributed by atoms with Gasteiger partial charge in [-0.2, -0.15) is 0 Å². The molecule has 0 aliphatic carbocycles. The van der Waals surface area contributed by atoms with Crippen LogP contribution in [-0.4, -0.2) is 47.0 Å². The Morgan fingerprint density at radius 3 is 2.78 bits per heavy atom. The van der Waals surface area contributed by atoms with Gasteiger partial charge in [-0.05, 0) is 37.3 Å². The Hall–Kier alpha value is -2.74. The van der Waals surface area contributed by atoms with Crippen LogP contribution in [0, 0.1) is 12.8 Å². The minimum absolute atomic E-state index is 0.0319. The van der Waals surface area contributed by atoms with Crippen LogP contribution in [-0.2, 0) is 4.79 Å². The third kappa shape index (κ3) is 3.21. The summed E-state index contributed by atoms with van der Waals surface area (Å²) in [4.78, 5) is 32.4.